The lowest BCUT2D eigenvalue weighted by Crippen LogP contribution is -2.33. The molecule has 1 aliphatic rings. The highest BCUT2D eigenvalue weighted by Gasteiger charge is 2.34. The third-order valence-electron chi connectivity index (χ3n) is 3.09. The molecule has 27 heavy (non-hydrogen) atoms. The summed E-state index contributed by atoms with van der Waals surface area (Å²) in [5.41, 5.74) is 16.5. The zero-order valence-electron chi connectivity index (χ0n) is 15.1. The van der Waals surface area contributed by atoms with Gasteiger partial charge in [-0.3, -0.25) is 14.4 Å². The summed E-state index contributed by atoms with van der Waals surface area (Å²) < 4.78 is 4.61. The molecule has 144 valence electrons. The van der Waals surface area contributed by atoms with E-state index >= 15 is 0 Å². The fourth-order valence-corrected chi connectivity index (χ4v) is 2.37. The predicted molar refractivity (Wildman–Crippen MR) is 104 cm³/mol. The maximum Gasteiger partial charge on any atom is 0.329 e. The van der Waals surface area contributed by atoms with Gasteiger partial charge >= 0.3 is 5.97 Å². The fraction of sp³-hybridized carbons (Fsp3) is 0.235. The summed E-state index contributed by atoms with van der Waals surface area (Å²) in [6.45, 7) is 2.68. The molecule has 6 N–H and O–H groups in total. The second-order valence-corrected chi connectivity index (χ2v) is 6.21. The first kappa shape index (κ1) is 21.9. The average molecular weight is 391 g/mol. The summed E-state index contributed by atoms with van der Waals surface area (Å²) in [6.07, 6.45) is 3.17. The monoisotopic (exact) mass is 391 g/mol. The molecule has 9 nitrogen and oxygen atoms in total. The van der Waals surface area contributed by atoms with Crippen LogP contribution in [0.5, 0.6) is 0 Å². The Morgan fingerprint density at radius 3 is 2.19 bits per heavy atom. The van der Waals surface area contributed by atoms with Crippen molar-refractivity contribution in [2.45, 2.75) is 18.7 Å². The lowest BCUT2D eigenvalue weighted by atomic mass is 9.98. The predicted octanol–water partition coefficient (Wildman–Crippen LogP) is 0.849. The molecule has 0 saturated heterocycles. The van der Waals surface area contributed by atoms with Gasteiger partial charge in [-0.05, 0) is 44.4 Å². The summed E-state index contributed by atoms with van der Waals surface area (Å²) in [5, 5.41) is 0. The van der Waals surface area contributed by atoms with E-state index in [1.807, 2.05) is 30.5 Å². The number of Topliss-reactive ketones (excluding diaryl/α,β-unsaturated/α-hetero) is 1. The molecule has 1 aromatic rings. The number of guanidine groups is 2. The van der Waals surface area contributed by atoms with Crippen LogP contribution in [0, 0.1) is 5.92 Å². The summed E-state index contributed by atoms with van der Waals surface area (Å²) in [6, 6.07) is 7.60. The number of carbonyl (C=O) groups excluding carboxylic acids is 3. The topological polar surface area (TPSA) is 163 Å². The largest absolute Gasteiger partial charge is 0.430 e. The number of carbonyl (C=O) groups is 3. The Kier molecular flexibility index (Phi) is 8.21. The van der Waals surface area contributed by atoms with E-state index in [1.54, 1.807) is 11.8 Å². The molecule has 0 aliphatic carbocycles. The van der Waals surface area contributed by atoms with Crippen LogP contribution in [0.3, 0.4) is 0 Å². The second-order valence-electron chi connectivity index (χ2n) is 5.33. The molecule has 1 atom stereocenters. The van der Waals surface area contributed by atoms with Crippen molar-refractivity contribution in [1.82, 2.24) is 0 Å². The Labute approximate surface area is 160 Å². The van der Waals surface area contributed by atoms with Crippen molar-refractivity contribution in [3.63, 3.8) is 0 Å². The van der Waals surface area contributed by atoms with Crippen molar-refractivity contribution in [3.05, 3.63) is 36.1 Å². The van der Waals surface area contributed by atoms with Gasteiger partial charge in [-0.2, -0.15) is 4.99 Å². The smallest absolute Gasteiger partial charge is 0.329 e. The van der Waals surface area contributed by atoms with Crippen LogP contribution in [0.25, 0.3) is 0 Å². The Bertz CT molecular complexity index is 811. The maximum absolute atomic E-state index is 11.1. The first-order chi connectivity index (χ1) is 12.6. The number of ketones is 2. The number of thioether (sulfide) groups is 1. The number of hydrogen-bond donors (Lipinski definition) is 3. The number of aliphatic imine (C=N–C) groups is 2. The Morgan fingerprint density at radius 2 is 1.74 bits per heavy atom. The highest BCUT2D eigenvalue weighted by atomic mass is 32.2. The summed E-state index contributed by atoms with van der Waals surface area (Å²) >= 11 is 1.66. The van der Waals surface area contributed by atoms with E-state index in [9.17, 15) is 14.4 Å². The lowest BCUT2D eigenvalue weighted by molar-refractivity contribution is -0.152. The molecule has 0 saturated carbocycles. The van der Waals surface area contributed by atoms with Crippen molar-refractivity contribution < 1.29 is 19.1 Å². The van der Waals surface area contributed by atoms with Gasteiger partial charge in [0.15, 0.2) is 23.4 Å². The van der Waals surface area contributed by atoms with E-state index in [-0.39, 0.29) is 17.7 Å². The number of hydrogen-bond acceptors (Lipinski definition) is 6. The number of nitrogens with zero attached hydrogens (tertiary/aromatic N) is 2. The molecule has 10 heteroatoms. The van der Waals surface area contributed by atoms with Gasteiger partial charge in [0.1, 0.15) is 5.76 Å². The summed E-state index contributed by atoms with van der Waals surface area (Å²) in [7, 11) is 0. The van der Waals surface area contributed by atoms with E-state index in [1.165, 1.54) is 13.8 Å². The molecule has 1 unspecified atom stereocenters. The molecule has 0 fully saturated rings. The van der Waals surface area contributed by atoms with E-state index in [0.717, 1.165) is 16.7 Å². The first-order valence-electron chi connectivity index (χ1n) is 7.66. The maximum atomic E-state index is 11.1. The normalized spacial score (nSPS) is 16.5. The van der Waals surface area contributed by atoms with Gasteiger partial charge in [0.05, 0.1) is 5.69 Å². The molecular weight excluding hydrogens is 370 g/mol. The van der Waals surface area contributed by atoms with Gasteiger partial charge in [0.25, 0.3) is 0 Å². The number of esters is 1. The van der Waals surface area contributed by atoms with Crippen LogP contribution in [0.15, 0.2) is 51.0 Å². The van der Waals surface area contributed by atoms with E-state index < -0.39 is 23.5 Å². The van der Waals surface area contributed by atoms with E-state index in [2.05, 4.69) is 14.7 Å². The average Bonchev–Trinajstić information content (AvgIpc) is 2.54. The van der Waals surface area contributed by atoms with Gasteiger partial charge in [-0.1, -0.05) is 0 Å². The molecule has 0 radical (unpaired) electrons. The SMILES string of the molecule is CC(=O)C1C(=O)C=C(C)OC1=O.CSc1ccc(N=C(N)N=C(N)N)cc1. The minimum atomic E-state index is -1.24. The standard InChI is InChI=1S/C9H13N5S.C8H8O4/c1-15-7-4-2-6(3-5-7)13-9(12)14-8(10)11;1-4-3-6(10)7(5(2)9)8(11)12-4/h2-5H,1H3,(H6,10,11,12,13,14);3,7H,1-2H3. The van der Waals surface area contributed by atoms with Crippen molar-refractivity contribution in [2.75, 3.05) is 6.26 Å². The fourth-order valence-electron chi connectivity index (χ4n) is 1.96. The van der Waals surface area contributed by atoms with Crippen LogP contribution in [0.1, 0.15) is 13.8 Å². The minimum Gasteiger partial charge on any atom is -0.430 e. The van der Waals surface area contributed by atoms with Gasteiger partial charge in [0, 0.05) is 11.0 Å². The highest BCUT2D eigenvalue weighted by molar-refractivity contribution is 7.98. The Morgan fingerprint density at radius 1 is 1.15 bits per heavy atom. The van der Waals surface area contributed by atoms with Gasteiger partial charge in [0.2, 0.25) is 5.96 Å². The zero-order valence-corrected chi connectivity index (χ0v) is 15.9. The van der Waals surface area contributed by atoms with Crippen LogP contribution >= 0.6 is 11.8 Å². The van der Waals surface area contributed by atoms with Crippen molar-refractivity contribution in [2.24, 2.45) is 33.1 Å². The second kappa shape index (κ2) is 10.1. The molecule has 0 aromatic heterocycles. The number of allylic oxidation sites excluding steroid dienone is 2. The summed E-state index contributed by atoms with van der Waals surface area (Å²) in [4.78, 5) is 41.6. The molecule has 0 amide bonds. The number of benzene rings is 1. The van der Waals surface area contributed by atoms with Crippen molar-refractivity contribution in [3.8, 4) is 0 Å². The lowest BCUT2D eigenvalue weighted by Gasteiger charge is -2.15. The van der Waals surface area contributed by atoms with Crippen molar-refractivity contribution in [1.29, 1.82) is 0 Å². The van der Waals surface area contributed by atoms with Crippen molar-refractivity contribution >= 4 is 46.9 Å². The third kappa shape index (κ3) is 7.32. The molecule has 1 heterocycles. The van der Waals surface area contributed by atoms with Crippen LogP contribution in [-0.4, -0.2) is 35.7 Å². The third-order valence-corrected chi connectivity index (χ3v) is 3.84. The number of nitrogens with two attached hydrogens (primary N) is 3. The van der Waals surface area contributed by atoms with Crippen LogP contribution in [0.4, 0.5) is 5.69 Å². The molecule has 1 aromatic carbocycles. The Balaban J connectivity index is 0.000000277. The van der Waals surface area contributed by atoms with Gasteiger partial charge in [-0.15, -0.1) is 11.8 Å². The minimum absolute atomic E-state index is 0.0481. The molecule has 1 aliphatic heterocycles. The quantitative estimate of drug-likeness (QED) is 0.224. The van der Waals surface area contributed by atoms with Crippen LogP contribution in [-0.2, 0) is 19.1 Å². The van der Waals surface area contributed by atoms with Gasteiger partial charge in [-0.25, -0.2) is 4.99 Å². The molecule has 2 rings (SSSR count). The highest BCUT2D eigenvalue weighted by Crippen LogP contribution is 2.19. The Hall–Kier alpha value is -3.14. The number of cyclic esters (lactones) is 1. The number of rotatable bonds is 3. The van der Waals surface area contributed by atoms with Gasteiger partial charge < -0.3 is 21.9 Å². The van der Waals surface area contributed by atoms with Crippen LogP contribution in [0.2, 0.25) is 0 Å². The van der Waals surface area contributed by atoms with Crippen LogP contribution < -0.4 is 17.2 Å². The zero-order chi connectivity index (χ0) is 20.6. The molecule has 0 bridgehead atoms. The number of ether oxygens (including phenoxy) is 1. The molecular formula is C17H21N5O4S. The molecule has 0 spiro atoms. The first-order valence-corrected chi connectivity index (χ1v) is 8.88. The van der Waals surface area contributed by atoms with E-state index in [4.69, 9.17) is 17.2 Å². The summed E-state index contributed by atoms with van der Waals surface area (Å²) in [5.74, 6) is -2.79. The van der Waals surface area contributed by atoms with E-state index in [0.29, 0.717) is 0 Å².